The fourth-order valence-corrected chi connectivity index (χ4v) is 2.43. The molecule has 0 saturated heterocycles. The maximum Gasteiger partial charge on any atom is 0.272 e. The number of hydrogen-bond donors (Lipinski definition) is 1. The first-order valence-electron chi connectivity index (χ1n) is 6.77. The van der Waals surface area contributed by atoms with Gasteiger partial charge in [0.1, 0.15) is 0 Å². The lowest BCUT2D eigenvalue weighted by atomic mass is 10.0. The minimum Gasteiger partial charge on any atom is -0.399 e. The van der Waals surface area contributed by atoms with Crippen LogP contribution >= 0.6 is 11.6 Å². The zero-order chi connectivity index (χ0) is 15.7. The Bertz CT molecular complexity index is 885. The lowest BCUT2D eigenvalue weighted by Gasteiger charge is -2.10. The summed E-state index contributed by atoms with van der Waals surface area (Å²) in [6, 6.07) is 16.0. The molecule has 0 spiro atoms. The fraction of sp³-hybridized carbons (Fsp3) is 0.0588. The summed E-state index contributed by atoms with van der Waals surface area (Å²) in [6.07, 6.45) is 0. The van der Waals surface area contributed by atoms with Gasteiger partial charge in [-0.2, -0.15) is 9.78 Å². The third-order valence-electron chi connectivity index (χ3n) is 3.39. The predicted molar refractivity (Wildman–Crippen MR) is 89.4 cm³/mol. The highest BCUT2D eigenvalue weighted by Crippen LogP contribution is 2.22. The fourth-order valence-electron chi connectivity index (χ4n) is 2.31. The Hall–Kier alpha value is -2.59. The molecule has 5 heteroatoms. The van der Waals surface area contributed by atoms with Crippen molar-refractivity contribution in [3.05, 3.63) is 75.7 Å². The summed E-state index contributed by atoms with van der Waals surface area (Å²) in [6.45, 7) is 1.87. The van der Waals surface area contributed by atoms with Crippen molar-refractivity contribution in [1.29, 1.82) is 0 Å². The summed E-state index contributed by atoms with van der Waals surface area (Å²) in [7, 11) is 0. The van der Waals surface area contributed by atoms with Crippen LogP contribution in [-0.2, 0) is 0 Å². The molecule has 0 atom stereocenters. The summed E-state index contributed by atoms with van der Waals surface area (Å²) < 4.78 is 1.36. The summed E-state index contributed by atoms with van der Waals surface area (Å²) in [5, 5.41) is 5.01. The quantitative estimate of drug-likeness (QED) is 0.737. The Morgan fingerprint density at radius 2 is 1.82 bits per heavy atom. The van der Waals surface area contributed by atoms with Crippen LogP contribution in [-0.4, -0.2) is 9.78 Å². The van der Waals surface area contributed by atoms with Gasteiger partial charge in [0.05, 0.1) is 11.4 Å². The molecule has 2 N–H and O–H groups in total. The highest BCUT2D eigenvalue weighted by molar-refractivity contribution is 6.30. The van der Waals surface area contributed by atoms with Gasteiger partial charge in [0.25, 0.3) is 5.56 Å². The number of rotatable bonds is 2. The van der Waals surface area contributed by atoms with Crippen molar-refractivity contribution in [1.82, 2.24) is 9.78 Å². The molecule has 0 aliphatic carbocycles. The number of aryl methyl sites for hydroxylation is 1. The zero-order valence-corrected chi connectivity index (χ0v) is 12.7. The topological polar surface area (TPSA) is 60.9 Å². The van der Waals surface area contributed by atoms with Gasteiger partial charge in [-0.1, -0.05) is 23.7 Å². The molecule has 1 aromatic heterocycles. The van der Waals surface area contributed by atoms with Crippen molar-refractivity contribution in [3.63, 3.8) is 0 Å². The van der Waals surface area contributed by atoms with Gasteiger partial charge in [-0.25, -0.2) is 0 Å². The predicted octanol–water partition coefficient (Wildman–Crippen LogP) is 3.44. The average Bonchev–Trinajstić information content (AvgIpc) is 2.50. The van der Waals surface area contributed by atoms with Gasteiger partial charge in [-0.3, -0.25) is 4.79 Å². The Morgan fingerprint density at radius 3 is 2.50 bits per heavy atom. The van der Waals surface area contributed by atoms with E-state index in [9.17, 15) is 4.79 Å². The lowest BCUT2D eigenvalue weighted by Crippen LogP contribution is -2.21. The normalized spacial score (nSPS) is 10.6. The van der Waals surface area contributed by atoms with Crippen molar-refractivity contribution in [2.24, 2.45) is 0 Å². The molecule has 0 fully saturated rings. The first-order valence-corrected chi connectivity index (χ1v) is 7.15. The smallest absolute Gasteiger partial charge is 0.272 e. The molecule has 3 aromatic rings. The maximum absolute atomic E-state index is 12.4. The van der Waals surface area contributed by atoms with Gasteiger partial charge in [0.2, 0.25) is 0 Å². The van der Waals surface area contributed by atoms with Crippen LogP contribution in [0.4, 0.5) is 5.69 Å². The van der Waals surface area contributed by atoms with Crippen molar-refractivity contribution in [3.8, 4) is 16.8 Å². The van der Waals surface area contributed by atoms with Crippen LogP contribution in [0.1, 0.15) is 5.69 Å². The molecule has 0 aliphatic rings. The number of hydrogen-bond acceptors (Lipinski definition) is 3. The second-order valence-electron chi connectivity index (χ2n) is 5.00. The molecule has 0 aliphatic heterocycles. The van der Waals surface area contributed by atoms with Crippen LogP contribution in [0.2, 0.25) is 5.02 Å². The third kappa shape index (κ3) is 2.73. The van der Waals surface area contributed by atoms with Crippen LogP contribution in [0.25, 0.3) is 16.8 Å². The standard InChI is InChI=1S/C17H14ClN3O/c1-11-16(12-3-2-4-14(19)9-12)10-17(22)21(20-11)15-7-5-13(18)6-8-15/h2-10H,19H2,1H3. The summed E-state index contributed by atoms with van der Waals surface area (Å²) in [5.41, 5.74) is 9.34. The van der Waals surface area contributed by atoms with E-state index in [1.807, 2.05) is 25.1 Å². The van der Waals surface area contributed by atoms with E-state index in [1.165, 1.54) is 4.68 Å². The molecular weight excluding hydrogens is 298 g/mol. The SMILES string of the molecule is Cc1nn(-c2ccc(Cl)cc2)c(=O)cc1-c1cccc(N)c1. The molecule has 0 bridgehead atoms. The Morgan fingerprint density at radius 1 is 1.09 bits per heavy atom. The van der Waals surface area contributed by atoms with Gasteiger partial charge in [-0.05, 0) is 48.9 Å². The van der Waals surface area contributed by atoms with E-state index >= 15 is 0 Å². The van der Waals surface area contributed by atoms with Crippen LogP contribution < -0.4 is 11.3 Å². The number of anilines is 1. The first-order chi connectivity index (χ1) is 10.5. The summed E-state index contributed by atoms with van der Waals surface area (Å²) in [5.74, 6) is 0. The van der Waals surface area contributed by atoms with Gasteiger partial charge < -0.3 is 5.73 Å². The molecule has 0 amide bonds. The number of aromatic nitrogens is 2. The molecular formula is C17H14ClN3O. The van der Waals surface area contributed by atoms with E-state index in [0.29, 0.717) is 16.4 Å². The second-order valence-corrected chi connectivity index (χ2v) is 5.43. The van der Waals surface area contributed by atoms with Gasteiger partial charge in [0.15, 0.2) is 0 Å². The highest BCUT2D eigenvalue weighted by atomic mass is 35.5. The number of nitrogens with zero attached hydrogens (tertiary/aromatic N) is 2. The molecule has 1 heterocycles. The number of nitrogens with two attached hydrogens (primary N) is 1. The van der Waals surface area contributed by atoms with Gasteiger partial charge in [-0.15, -0.1) is 0 Å². The molecule has 2 aromatic carbocycles. The molecule has 0 saturated carbocycles. The number of nitrogen functional groups attached to an aromatic ring is 1. The number of halogens is 1. The molecule has 4 nitrogen and oxygen atoms in total. The average molecular weight is 312 g/mol. The van der Waals surface area contributed by atoms with E-state index in [2.05, 4.69) is 5.10 Å². The second kappa shape index (κ2) is 5.66. The minimum atomic E-state index is -0.203. The van der Waals surface area contributed by atoms with E-state index in [1.54, 1.807) is 36.4 Å². The van der Waals surface area contributed by atoms with Gasteiger partial charge >= 0.3 is 0 Å². The highest BCUT2D eigenvalue weighted by Gasteiger charge is 2.09. The van der Waals surface area contributed by atoms with Crippen LogP contribution in [0.15, 0.2) is 59.4 Å². The van der Waals surface area contributed by atoms with E-state index < -0.39 is 0 Å². The molecule has 3 rings (SSSR count). The summed E-state index contributed by atoms with van der Waals surface area (Å²) >= 11 is 5.87. The molecule has 22 heavy (non-hydrogen) atoms. The van der Waals surface area contributed by atoms with Crippen molar-refractivity contribution in [2.45, 2.75) is 6.92 Å². The van der Waals surface area contributed by atoms with E-state index in [-0.39, 0.29) is 5.56 Å². The number of benzene rings is 2. The summed E-state index contributed by atoms with van der Waals surface area (Å²) in [4.78, 5) is 12.4. The first kappa shape index (κ1) is 14.4. The van der Waals surface area contributed by atoms with Crippen molar-refractivity contribution >= 4 is 17.3 Å². The van der Waals surface area contributed by atoms with Gasteiger partial charge in [0, 0.05) is 22.3 Å². The minimum absolute atomic E-state index is 0.203. The molecule has 110 valence electrons. The Balaban J connectivity index is 2.13. The van der Waals surface area contributed by atoms with E-state index in [4.69, 9.17) is 17.3 Å². The van der Waals surface area contributed by atoms with Crippen LogP contribution in [0.3, 0.4) is 0 Å². The largest absolute Gasteiger partial charge is 0.399 e. The van der Waals surface area contributed by atoms with E-state index in [0.717, 1.165) is 16.8 Å². The third-order valence-corrected chi connectivity index (χ3v) is 3.64. The Labute approximate surface area is 132 Å². The lowest BCUT2D eigenvalue weighted by molar-refractivity contribution is 0.787. The monoisotopic (exact) mass is 311 g/mol. The molecule has 0 unspecified atom stereocenters. The van der Waals surface area contributed by atoms with Crippen molar-refractivity contribution < 1.29 is 0 Å². The van der Waals surface area contributed by atoms with Crippen molar-refractivity contribution in [2.75, 3.05) is 5.73 Å². The Kier molecular flexibility index (Phi) is 3.69. The van der Waals surface area contributed by atoms with Crippen LogP contribution in [0, 0.1) is 6.92 Å². The molecule has 0 radical (unpaired) electrons. The van der Waals surface area contributed by atoms with Crippen LogP contribution in [0.5, 0.6) is 0 Å². The zero-order valence-electron chi connectivity index (χ0n) is 12.0. The maximum atomic E-state index is 12.4.